The summed E-state index contributed by atoms with van der Waals surface area (Å²) in [7, 11) is 0. The van der Waals surface area contributed by atoms with Gasteiger partial charge < -0.3 is 9.84 Å². The van der Waals surface area contributed by atoms with Gasteiger partial charge in [-0.25, -0.2) is 0 Å². The van der Waals surface area contributed by atoms with Crippen LogP contribution in [0.4, 0.5) is 0 Å². The van der Waals surface area contributed by atoms with Gasteiger partial charge in [0.15, 0.2) is 0 Å². The topological polar surface area (TPSA) is 46.5 Å². The van der Waals surface area contributed by atoms with E-state index >= 15 is 0 Å². The second kappa shape index (κ2) is 9.00. The van der Waals surface area contributed by atoms with Crippen molar-refractivity contribution in [1.82, 2.24) is 0 Å². The number of fused-ring (bicyclic) bond motifs is 5. The average molecular weight is 445 g/mol. The van der Waals surface area contributed by atoms with Gasteiger partial charge in [0.2, 0.25) is 0 Å². The normalized spacial score (nSPS) is 32.3. The zero-order valence-electron chi connectivity index (χ0n) is 19.7. The fourth-order valence-corrected chi connectivity index (χ4v) is 7.80. The molecule has 0 unspecified atom stereocenters. The van der Waals surface area contributed by atoms with Gasteiger partial charge >= 0.3 is 5.97 Å². The fraction of sp³-hybridized carbons (Fsp3) is 0.500. The molecule has 174 valence electrons. The van der Waals surface area contributed by atoms with Crippen molar-refractivity contribution < 1.29 is 14.6 Å². The molecule has 3 aliphatic carbocycles. The molecule has 0 heterocycles. The average Bonchev–Trinajstić information content (AvgIpc) is 3.09. The maximum Gasteiger partial charge on any atom is 0.303 e. The standard InChI is InChI=1S/C30H36O3/c1-3-7-22-16-23(18-28(31)32)30(2)15-14-26-25-13-11-24(33-19-20-8-5-4-6-9-20)17-21(25)10-12-27(26)29(22)30/h3-6,8-9,11,13,17,22-23,26-27,29H,1,7,10,12,14-16,18-19H2,2H3,(H,31,32)/t22-,23+,26+,27+,29-,30+/m0/s1. The summed E-state index contributed by atoms with van der Waals surface area (Å²) in [6, 6.07) is 17.1. The zero-order chi connectivity index (χ0) is 23.0. The minimum Gasteiger partial charge on any atom is -0.489 e. The number of aliphatic carboxylic acids is 1. The summed E-state index contributed by atoms with van der Waals surface area (Å²) in [6.07, 6.45) is 9.04. The highest BCUT2D eigenvalue weighted by Gasteiger charge is 2.58. The molecule has 6 atom stereocenters. The van der Waals surface area contributed by atoms with Crippen LogP contribution in [-0.4, -0.2) is 11.1 Å². The molecule has 0 aliphatic heterocycles. The maximum absolute atomic E-state index is 11.6. The van der Waals surface area contributed by atoms with Crippen molar-refractivity contribution in [3.63, 3.8) is 0 Å². The molecule has 0 amide bonds. The first-order valence-electron chi connectivity index (χ1n) is 12.6. The van der Waals surface area contributed by atoms with E-state index in [2.05, 4.69) is 49.9 Å². The second-order valence-electron chi connectivity index (χ2n) is 10.8. The molecule has 3 nitrogen and oxygen atoms in total. The van der Waals surface area contributed by atoms with Crippen LogP contribution in [-0.2, 0) is 17.8 Å². The lowest BCUT2D eigenvalue weighted by Crippen LogP contribution is -2.44. The van der Waals surface area contributed by atoms with Gasteiger partial charge in [0, 0.05) is 6.42 Å². The molecule has 0 radical (unpaired) electrons. The lowest BCUT2D eigenvalue weighted by atomic mass is 9.52. The van der Waals surface area contributed by atoms with Crippen LogP contribution < -0.4 is 4.74 Å². The molecular weight excluding hydrogens is 408 g/mol. The number of aryl methyl sites for hydroxylation is 1. The molecule has 0 saturated heterocycles. The minimum atomic E-state index is -0.640. The Hall–Kier alpha value is -2.55. The van der Waals surface area contributed by atoms with E-state index in [1.165, 1.54) is 29.5 Å². The Balaban J connectivity index is 1.37. The Bertz CT molecular complexity index is 1010. The molecule has 3 heteroatoms. The molecule has 2 aromatic rings. The summed E-state index contributed by atoms with van der Waals surface area (Å²) < 4.78 is 6.11. The molecule has 1 N–H and O–H groups in total. The quantitative estimate of drug-likeness (QED) is 0.467. The van der Waals surface area contributed by atoms with Gasteiger partial charge in [-0.15, -0.1) is 6.58 Å². The number of carbonyl (C=O) groups is 1. The van der Waals surface area contributed by atoms with Crippen LogP contribution in [0, 0.1) is 29.1 Å². The summed E-state index contributed by atoms with van der Waals surface area (Å²) in [5, 5.41) is 9.57. The van der Waals surface area contributed by atoms with E-state index in [0.29, 0.717) is 42.6 Å². The number of carboxylic acids is 1. The molecule has 0 aromatic heterocycles. The molecule has 33 heavy (non-hydrogen) atoms. The molecule has 2 saturated carbocycles. The van der Waals surface area contributed by atoms with Crippen molar-refractivity contribution in [2.45, 2.75) is 64.4 Å². The van der Waals surface area contributed by atoms with Crippen molar-refractivity contribution in [2.24, 2.45) is 29.1 Å². The highest BCUT2D eigenvalue weighted by atomic mass is 16.5. The third-order valence-corrected chi connectivity index (χ3v) is 9.16. The summed E-state index contributed by atoms with van der Waals surface area (Å²) in [6.45, 7) is 7.03. The SMILES string of the molecule is C=CC[C@H]1C[C@H](CC(=O)O)[C@@]2(C)CC[C@@H]3c4ccc(OCc5ccccc5)cc4CC[C@H]3[C@H]12. The third kappa shape index (κ3) is 4.11. The second-order valence-corrected chi connectivity index (χ2v) is 10.8. The summed E-state index contributed by atoms with van der Waals surface area (Å²) in [5.41, 5.74) is 4.29. The Morgan fingerprint density at radius 2 is 2.03 bits per heavy atom. The number of rotatable bonds is 7. The Morgan fingerprint density at radius 3 is 2.79 bits per heavy atom. The molecule has 2 fully saturated rings. The largest absolute Gasteiger partial charge is 0.489 e. The van der Waals surface area contributed by atoms with Crippen molar-refractivity contribution in [1.29, 1.82) is 0 Å². The summed E-state index contributed by atoms with van der Waals surface area (Å²) in [5.74, 6) is 3.02. The maximum atomic E-state index is 11.6. The smallest absolute Gasteiger partial charge is 0.303 e. The van der Waals surface area contributed by atoms with Crippen LogP contribution in [0.5, 0.6) is 5.75 Å². The number of ether oxygens (including phenoxy) is 1. The monoisotopic (exact) mass is 444 g/mol. The van der Waals surface area contributed by atoms with Gasteiger partial charge in [0.25, 0.3) is 0 Å². The van der Waals surface area contributed by atoms with Crippen LogP contribution in [0.25, 0.3) is 0 Å². The number of hydrogen-bond acceptors (Lipinski definition) is 2. The summed E-state index contributed by atoms with van der Waals surface area (Å²) >= 11 is 0. The number of allylic oxidation sites excluding steroid dienone is 1. The molecule has 5 rings (SSSR count). The van der Waals surface area contributed by atoms with Crippen molar-refractivity contribution >= 4 is 5.97 Å². The van der Waals surface area contributed by atoms with E-state index in [9.17, 15) is 9.90 Å². The third-order valence-electron chi connectivity index (χ3n) is 9.16. The van der Waals surface area contributed by atoms with Crippen molar-refractivity contribution in [3.8, 4) is 5.75 Å². The van der Waals surface area contributed by atoms with Crippen molar-refractivity contribution in [2.75, 3.05) is 0 Å². The van der Waals surface area contributed by atoms with Gasteiger partial charge in [0.05, 0.1) is 0 Å². The molecule has 0 spiro atoms. The van der Waals surface area contributed by atoms with Crippen LogP contribution in [0.2, 0.25) is 0 Å². The summed E-state index contributed by atoms with van der Waals surface area (Å²) in [4.78, 5) is 11.6. The zero-order valence-corrected chi connectivity index (χ0v) is 19.7. The van der Waals surface area contributed by atoms with E-state index in [0.717, 1.165) is 31.4 Å². The van der Waals surface area contributed by atoms with Gasteiger partial charge in [-0.1, -0.05) is 49.4 Å². The van der Waals surface area contributed by atoms with Crippen LogP contribution >= 0.6 is 0 Å². The first-order chi connectivity index (χ1) is 16.0. The van der Waals surface area contributed by atoms with E-state index in [-0.39, 0.29) is 5.41 Å². The molecule has 2 aromatic carbocycles. The number of hydrogen-bond donors (Lipinski definition) is 1. The van der Waals surface area contributed by atoms with Gasteiger partial charge in [0.1, 0.15) is 12.4 Å². The Kier molecular flexibility index (Phi) is 6.07. The molecule has 3 aliphatic rings. The predicted molar refractivity (Wildman–Crippen MR) is 131 cm³/mol. The van der Waals surface area contributed by atoms with E-state index in [1.807, 2.05) is 18.2 Å². The van der Waals surface area contributed by atoms with Crippen LogP contribution in [0.1, 0.15) is 68.1 Å². The van der Waals surface area contributed by atoms with Crippen LogP contribution in [0.3, 0.4) is 0 Å². The lowest BCUT2D eigenvalue weighted by Gasteiger charge is -2.52. The van der Waals surface area contributed by atoms with Gasteiger partial charge in [-0.3, -0.25) is 4.79 Å². The molecule has 0 bridgehead atoms. The van der Waals surface area contributed by atoms with E-state index in [4.69, 9.17) is 4.74 Å². The van der Waals surface area contributed by atoms with E-state index < -0.39 is 5.97 Å². The van der Waals surface area contributed by atoms with E-state index in [1.54, 1.807) is 0 Å². The highest BCUT2D eigenvalue weighted by Crippen LogP contribution is 2.66. The Labute approximate surface area is 197 Å². The number of benzene rings is 2. The van der Waals surface area contributed by atoms with Crippen LogP contribution in [0.15, 0.2) is 61.2 Å². The highest BCUT2D eigenvalue weighted by molar-refractivity contribution is 5.67. The first kappa shape index (κ1) is 22.3. The van der Waals surface area contributed by atoms with Crippen molar-refractivity contribution in [3.05, 3.63) is 77.9 Å². The Morgan fingerprint density at radius 1 is 1.21 bits per heavy atom. The molecular formula is C30H36O3. The first-order valence-corrected chi connectivity index (χ1v) is 12.6. The fourth-order valence-electron chi connectivity index (χ4n) is 7.80. The number of carboxylic acid groups (broad SMARTS) is 1. The minimum absolute atomic E-state index is 0.142. The lowest BCUT2D eigenvalue weighted by molar-refractivity contribution is -0.139. The van der Waals surface area contributed by atoms with Gasteiger partial charge in [-0.2, -0.15) is 0 Å². The van der Waals surface area contributed by atoms with Gasteiger partial charge in [-0.05, 0) is 102 Å². The predicted octanol–water partition coefficient (Wildman–Crippen LogP) is 7.01.